The SMILES string of the molecule is NC1NC(SCc2ccccc2)NC(=O)C1NC(=O)c1ccccc1. The fraction of sp³-hybridized carbons (Fsp3) is 0.222. The molecule has 0 aromatic heterocycles. The second kappa shape index (κ2) is 8.15. The van der Waals surface area contributed by atoms with E-state index in [1.165, 1.54) is 11.8 Å². The van der Waals surface area contributed by atoms with Crippen LogP contribution in [0.15, 0.2) is 60.7 Å². The molecule has 130 valence electrons. The summed E-state index contributed by atoms with van der Waals surface area (Å²) in [5.41, 5.74) is 7.41. The van der Waals surface area contributed by atoms with Gasteiger partial charge in [0.1, 0.15) is 11.5 Å². The molecule has 1 aliphatic heterocycles. The van der Waals surface area contributed by atoms with Crippen LogP contribution >= 0.6 is 11.8 Å². The van der Waals surface area contributed by atoms with E-state index < -0.39 is 12.2 Å². The first-order valence-corrected chi connectivity index (χ1v) is 9.02. The average molecular weight is 356 g/mol. The fourth-order valence-electron chi connectivity index (χ4n) is 2.51. The molecule has 2 amide bonds. The van der Waals surface area contributed by atoms with Crippen molar-refractivity contribution >= 4 is 23.6 Å². The molecule has 1 heterocycles. The lowest BCUT2D eigenvalue weighted by Crippen LogP contribution is -2.70. The van der Waals surface area contributed by atoms with Gasteiger partial charge in [-0.15, -0.1) is 11.8 Å². The zero-order valence-electron chi connectivity index (χ0n) is 13.5. The Morgan fingerprint density at radius 3 is 2.36 bits per heavy atom. The molecule has 3 rings (SSSR count). The Balaban J connectivity index is 1.55. The van der Waals surface area contributed by atoms with Crippen LogP contribution in [0.25, 0.3) is 0 Å². The van der Waals surface area contributed by atoms with Gasteiger partial charge in [-0.05, 0) is 17.7 Å². The summed E-state index contributed by atoms with van der Waals surface area (Å²) in [5, 5.41) is 8.64. The summed E-state index contributed by atoms with van der Waals surface area (Å²) in [4.78, 5) is 24.6. The van der Waals surface area contributed by atoms with Crippen LogP contribution in [0.4, 0.5) is 0 Å². The Morgan fingerprint density at radius 1 is 1.08 bits per heavy atom. The van der Waals surface area contributed by atoms with Gasteiger partial charge in [-0.25, -0.2) is 0 Å². The maximum Gasteiger partial charge on any atom is 0.252 e. The highest BCUT2D eigenvalue weighted by Crippen LogP contribution is 2.17. The third kappa shape index (κ3) is 4.60. The third-order valence-electron chi connectivity index (χ3n) is 3.84. The normalized spacial score (nSPS) is 22.9. The van der Waals surface area contributed by atoms with Crippen LogP contribution in [0.5, 0.6) is 0 Å². The summed E-state index contributed by atoms with van der Waals surface area (Å²) in [6.45, 7) is 0. The van der Waals surface area contributed by atoms with Gasteiger partial charge in [-0.3, -0.25) is 14.9 Å². The van der Waals surface area contributed by atoms with Gasteiger partial charge >= 0.3 is 0 Å². The molecule has 1 fully saturated rings. The number of hydrogen-bond donors (Lipinski definition) is 4. The van der Waals surface area contributed by atoms with E-state index >= 15 is 0 Å². The molecule has 1 aliphatic rings. The smallest absolute Gasteiger partial charge is 0.252 e. The Bertz CT molecular complexity index is 726. The molecule has 0 radical (unpaired) electrons. The minimum atomic E-state index is -0.818. The molecule has 0 saturated carbocycles. The molecule has 5 N–H and O–H groups in total. The van der Waals surface area contributed by atoms with Crippen LogP contribution in [-0.2, 0) is 10.5 Å². The van der Waals surface area contributed by atoms with E-state index in [0.29, 0.717) is 5.56 Å². The van der Waals surface area contributed by atoms with Gasteiger partial charge in [0, 0.05) is 11.3 Å². The number of amides is 2. The molecule has 7 heteroatoms. The highest BCUT2D eigenvalue weighted by molar-refractivity contribution is 7.99. The fourth-order valence-corrected chi connectivity index (χ4v) is 3.51. The highest BCUT2D eigenvalue weighted by Gasteiger charge is 2.35. The molecule has 3 atom stereocenters. The van der Waals surface area contributed by atoms with E-state index in [9.17, 15) is 9.59 Å². The van der Waals surface area contributed by atoms with Gasteiger partial charge in [-0.1, -0.05) is 48.5 Å². The summed E-state index contributed by atoms with van der Waals surface area (Å²) < 4.78 is 0. The van der Waals surface area contributed by atoms with Crippen LogP contribution in [0.3, 0.4) is 0 Å². The summed E-state index contributed by atoms with van der Waals surface area (Å²) in [7, 11) is 0. The lowest BCUT2D eigenvalue weighted by atomic mass is 10.1. The third-order valence-corrected chi connectivity index (χ3v) is 4.93. The van der Waals surface area contributed by atoms with Crippen molar-refractivity contribution in [2.75, 3.05) is 0 Å². The molecule has 1 saturated heterocycles. The summed E-state index contributed by atoms with van der Waals surface area (Å²) in [6.07, 6.45) is -0.658. The lowest BCUT2D eigenvalue weighted by Gasteiger charge is -2.35. The predicted octanol–water partition coefficient (Wildman–Crippen LogP) is 1.01. The number of rotatable bonds is 5. The van der Waals surface area contributed by atoms with E-state index in [2.05, 4.69) is 16.0 Å². The number of hydrogen-bond acceptors (Lipinski definition) is 5. The first kappa shape index (κ1) is 17.5. The first-order valence-electron chi connectivity index (χ1n) is 7.97. The van der Waals surface area contributed by atoms with Crippen LogP contribution < -0.4 is 21.7 Å². The van der Waals surface area contributed by atoms with Crippen LogP contribution in [0.2, 0.25) is 0 Å². The van der Waals surface area contributed by atoms with Gasteiger partial charge in [0.05, 0.1) is 6.17 Å². The van der Waals surface area contributed by atoms with Crippen molar-refractivity contribution in [1.82, 2.24) is 16.0 Å². The first-order chi connectivity index (χ1) is 12.1. The van der Waals surface area contributed by atoms with Crippen molar-refractivity contribution in [3.05, 3.63) is 71.8 Å². The largest absolute Gasteiger partial charge is 0.338 e. The monoisotopic (exact) mass is 356 g/mol. The number of carbonyl (C=O) groups is 2. The quantitative estimate of drug-likeness (QED) is 0.641. The maximum absolute atomic E-state index is 12.3. The summed E-state index contributed by atoms with van der Waals surface area (Å²) in [5.74, 6) is 0.126. The second-order valence-electron chi connectivity index (χ2n) is 5.69. The molecular formula is C18H20N4O2S. The molecule has 25 heavy (non-hydrogen) atoms. The molecule has 6 nitrogen and oxygen atoms in total. The molecular weight excluding hydrogens is 336 g/mol. The Labute approximate surface area is 150 Å². The van der Waals surface area contributed by atoms with Crippen molar-refractivity contribution in [3.8, 4) is 0 Å². The maximum atomic E-state index is 12.3. The lowest BCUT2D eigenvalue weighted by molar-refractivity contribution is -0.125. The van der Waals surface area contributed by atoms with Gasteiger partial charge < -0.3 is 16.4 Å². The highest BCUT2D eigenvalue weighted by atomic mass is 32.2. The van der Waals surface area contributed by atoms with E-state index in [1.807, 2.05) is 36.4 Å². The predicted molar refractivity (Wildman–Crippen MR) is 98.5 cm³/mol. The number of nitrogens with two attached hydrogens (primary N) is 1. The van der Waals surface area contributed by atoms with Crippen molar-refractivity contribution in [2.45, 2.75) is 23.5 Å². The van der Waals surface area contributed by atoms with Gasteiger partial charge in [0.15, 0.2) is 0 Å². The van der Waals surface area contributed by atoms with Gasteiger partial charge in [-0.2, -0.15) is 0 Å². The number of carbonyl (C=O) groups excluding carboxylic acids is 2. The topological polar surface area (TPSA) is 96.2 Å². The van der Waals surface area contributed by atoms with E-state index in [1.54, 1.807) is 24.3 Å². The van der Waals surface area contributed by atoms with E-state index in [-0.39, 0.29) is 17.3 Å². The summed E-state index contributed by atoms with van der Waals surface area (Å²) in [6, 6.07) is 17.9. The molecule has 2 aromatic rings. The Kier molecular flexibility index (Phi) is 5.70. The molecule has 0 bridgehead atoms. The minimum absolute atomic E-state index is 0.291. The Morgan fingerprint density at radius 2 is 1.72 bits per heavy atom. The number of benzene rings is 2. The average Bonchev–Trinajstić information content (AvgIpc) is 2.64. The molecule has 3 unspecified atom stereocenters. The molecule has 2 aromatic carbocycles. The molecule has 0 spiro atoms. The zero-order valence-corrected chi connectivity index (χ0v) is 14.3. The van der Waals surface area contributed by atoms with Crippen molar-refractivity contribution in [1.29, 1.82) is 0 Å². The van der Waals surface area contributed by atoms with Crippen molar-refractivity contribution in [2.24, 2.45) is 5.73 Å². The van der Waals surface area contributed by atoms with Crippen LogP contribution in [-0.4, -0.2) is 29.5 Å². The van der Waals surface area contributed by atoms with Crippen molar-refractivity contribution in [3.63, 3.8) is 0 Å². The number of nitrogens with one attached hydrogen (secondary N) is 3. The Hall–Kier alpha value is -2.35. The van der Waals surface area contributed by atoms with Crippen LogP contribution in [0, 0.1) is 0 Å². The van der Waals surface area contributed by atoms with Crippen molar-refractivity contribution < 1.29 is 9.59 Å². The van der Waals surface area contributed by atoms with E-state index in [4.69, 9.17) is 5.73 Å². The zero-order chi connectivity index (χ0) is 17.6. The summed E-state index contributed by atoms with van der Waals surface area (Å²) >= 11 is 1.54. The van der Waals surface area contributed by atoms with Crippen LogP contribution in [0.1, 0.15) is 15.9 Å². The number of thioether (sulfide) groups is 1. The molecule has 0 aliphatic carbocycles. The van der Waals surface area contributed by atoms with E-state index in [0.717, 1.165) is 11.3 Å². The van der Waals surface area contributed by atoms with Gasteiger partial charge in [0.25, 0.3) is 5.91 Å². The minimum Gasteiger partial charge on any atom is -0.338 e. The second-order valence-corrected chi connectivity index (χ2v) is 6.79. The standard InChI is InChI=1S/C18H20N4O2S/c19-15-14(20-16(23)13-9-5-2-6-10-13)17(24)22-18(21-15)25-11-12-7-3-1-4-8-12/h1-10,14-15,18,21H,11,19H2,(H,20,23)(H,22,24). The van der Waals surface area contributed by atoms with Gasteiger partial charge in [0.2, 0.25) is 5.91 Å².